The summed E-state index contributed by atoms with van der Waals surface area (Å²) in [4.78, 5) is 22.1. The van der Waals surface area contributed by atoms with Crippen LogP contribution in [-0.2, 0) is 16.1 Å². The maximum atomic E-state index is 11.6. The number of amides is 2. The van der Waals surface area contributed by atoms with Crippen LogP contribution in [0.3, 0.4) is 0 Å². The maximum absolute atomic E-state index is 11.6. The van der Waals surface area contributed by atoms with Crippen molar-refractivity contribution in [1.82, 2.24) is 0 Å². The molecule has 6 nitrogen and oxygen atoms in total. The number of unbranched alkanes of at least 4 members (excludes halogenated alkanes) is 2. The molecule has 0 aliphatic carbocycles. The number of nitrogens with two attached hydrogens (primary N) is 2. The number of ether oxygens (including phenoxy) is 1. The third-order valence-corrected chi connectivity index (χ3v) is 2.73. The second-order valence-corrected chi connectivity index (χ2v) is 4.45. The summed E-state index contributed by atoms with van der Waals surface area (Å²) in [6, 6.07) is 7.06. The molecular formula is C14H21N3O3. The van der Waals surface area contributed by atoms with Gasteiger partial charge >= 0.3 is 6.09 Å². The average Bonchev–Trinajstić information content (AvgIpc) is 2.43. The van der Waals surface area contributed by atoms with Gasteiger partial charge in [-0.2, -0.15) is 0 Å². The van der Waals surface area contributed by atoms with Crippen molar-refractivity contribution in [2.24, 2.45) is 11.5 Å². The Labute approximate surface area is 118 Å². The monoisotopic (exact) mass is 279 g/mol. The molecule has 0 radical (unpaired) electrons. The minimum Gasteiger partial charge on any atom is -0.445 e. The van der Waals surface area contributed by atoms with Gasteiger partial charge in [-0.1, -0.05) is 18.6 Å². The Kier molecular flexibility index (Phi) is 7.13. The third-order valence-electron chi connectivity index (χ3n) is 2.73. The zero-order valence-corrected chi connectivity index (χ0v) is 11.4. The number of rotatable bonds is 8. The highest BCUT2D eigenvalue weighted by Crippen LogP contribution is 2.11. The van der Waals surface area contributed by atoms with E-state index >= 15 is 0 Å². The van der Waals surface area contributed by atoms with Crippen LogP contribution in [0, 0.1) is 0 Å². The van der Waals surface area contributed by atoms with E-state index in [4.69, 9.17) is 11.5 Å². The number of carbonyl (C=O) groups is 2. The SMILES string of the molecule is NCCCCCC(=O)Nc1ccc(COC(N)=O)cc1. The molecule has 5 N–H and O–H groups in total. The quantitative estimate of drug-likeness (QED) is 0.630. The Morgan fingerprint density at radius 3 is 2.40 bits per heavy atom. The van der Waals surface area contributed by atoms with Crippen LogP contribution < -0.4 is 16.8 Å². The van der Waals surface area contributed by atoms with Gasteiger partial charge in [-0.05, 0) is 37.1 Å². The maximum Gasteiger partial charge on any atom is 0.404 e. The lowest BCUT2D eigenvalue weighted by atomic mass is 10.2. The first-order chi connectivity index (χ1) is 9.61. The predicted octanol–water partition coefficient (Wildman–Crippen LogP) is 1.74. The molecule has 1 aromatic rings. The number of anilines is 1. The first-order valence-corrected chi connectivity index (χ1v) is 6.63. The number of hydrogen-bond donors (Lipinski definition) is 3. The Hall–Kier alpha value is -2.08. The van der Waals surface area contributed by atoms with Crippen LogP contribution in [0.15, 0.2) is 24.3 Å². The van der Waals surface area contributed by atoms with Crippen LogP contribution in [0.2, 0.25) is 0 Å². The van der Waals surface area contributed by atoms with Gasteiger partial charge in [0.25, 0.3) is 0 Å². The fourth-order valence-corrected chi connectivity index (χ4v) is 1.67. The average molecular weight is 279 g/mol. The van der Waals surface area contributed by atoms with E-state index in [2.05, 4.69) is 10.1 Å². The predicted molar refractivity (Wildman–Crippen MR) is 77.0 cm³/mol. The molecule has 0 atom stereocenters. The minimum atomic E-state index is -0.806. The normalized spacial score (nSPS) is 10.1. The van der Waals surface area contributed by atoms with Crippen molar-refractivity contribution in [1.29, 1.82) is 0 Å². The van der Waals surface area contributed by atoms with Crippen LogP contribution in [0.25, 0.3) is 0 Å². The molecule has 0 saturated heterocycles. The Morgan fingerprint density at radius 2 is 1.80 bits per heavy atom. The summed E-state index contributed by atoms with van der Waals surface area (Å²) in [6.45, 7) is 0.791. The first-order valence-electron chi connectivity index (χ1n) is 6.63. The Morgan fingerprint density at radius 1 is 1.10 bits per heavy atom. The fraction of sp³-hybridized carbons (Fsp3) is 0.429. The Balaban J connectivity index is 2.33. The lowest BCUT2D eigenvalue weighted by Gasteiger charge is -2.06. The molecule has 2 amide bonds. The summed E-state index contributed by atoms with van der Waals surface area (Å²) in [5.74, 6) is -0.0110. The first kappa shape index (κ1) is 16.0. The van der Waals surface area contributed by atoms with Crippen LogP contribution in [0.5, 0.6) is 0 Å². The Bertz CT molecular complexity index is 432. The van der Waals surface area contributed by atoms with Gasteiger partial charge in [0.1, 0.15) is 6.61 Å². The van der Waals surface area contributed by atoms with E-state index in [-0.39, 0.29) is 12.5 Å². The summed E-state index contributed by atoms with van der Waals surface area (Å²) < 4.78 is 4.67. The van der Waals surface area contributed by atoms with Gasteiger partial charge in [0, 0.05) is 12.1 Å². The van der Waals surface area contributed by atoms with Gasteiger partial charge in [0.15, 0.2) is 0 Å². The molecule has 6 heteroatoms. The van der Waals surface area contributed by atoms with Crippen LogP contribution in [0.4, 0.5) is 10.5 Å². The highest BCUT2D eigenvalue weighted by Gasteiger charge is 2.03. The van der Waals surface area contributed by atoms with E-state index in [1.54, 1.807) is 24.3 Å². The van der Waals surface area contributed by atoms with Crippen LogP contribution in [0.1, 0.15) is 31.2 Å². The summed E-state index contributed by atoms with van der Waals surface area (Å²) in [6.07, 6.45) is 2.44. The minimum absolute atomic E-state index is 0.0110. The molecule has 0 unspecified atom stereocenters. The van der Waals surface area contributed by atoms with Gasteiger partial charge in [-0.15, -0.1) is 0 Å². The second kappa shape index (κ2) is 8.92. The van der Waals surface area contributed by atoms with Crippen molar-refractivity contribution < 1.29 is 14.3 Å². The molecule has 0 fully saturated rings. The van der Waals surface area contributed by atoms with E-state index in [0.717, 1.165) is 30.5 Å². The zero-order valence-electron chi connectivity index (χ0n) is 11.4. The van der Waals surface area contributed by atoms with Crippen molar-refractivity contribution in [3.8, 4) is 0 Å². The fourth-order valence-electron chi connectivity index (χ4n) is 1.67. The highest BCUT2D eigenvalue weighted by atomic mass is 16.5. The van der Waals surface area contributed by atoms with Crippen molar-refractivity contribution >= 4 is 17.7 Å². The lowest BCUT2D eigenvalue weighted by Crippen LogP contribution is -2.13. The molecule has 0 aliphatic rings. The molecule has 110 valence electrons. The van der Waals surface area contributed by atoms with E-state index in [9.17, 15) is 9.59 Å². The van der Waals surface area contributed by atoms with Gasteiger partial charge < -0.3 is 21.5 Å². The number of benzene rings is 1. The van der Waals surface area contributed by atoms with Crippen molar-refractivity contribution in [2.75, 3.05) is 11.9 Å². The molecule has 1 rings (SSSR count). The topological polar surface area (TPSA) is 107 Å². The summed E-state index contributed by atoms with van der Waals surface area (Å²) in [7, 11) is 0. The molecule has 0 heterocycles. The lowest BCUT2D eigenvalue weighted by molar-refractivity contribution is -0.116. The van der Waals surface area contributed by atoms with E-state index in [1.165, 1.54) is 0 Å². The largest absolute Gasteiger partial charge is 0.445 e. The summed E-state index contributed by atoms with van der Waals surface area (Å²) in [5.41, 5.74) is 11.8. The van der Waals surface area contributed by atoms with Gasteiger partial charge in [-0.3, -0.25) is 4.79 Å². The second-order valence-electron chi connectivity index (χ2n) is 4.45. The van der Waals surface area contributed by atoms with Crippen LogP contribution in [-0.4, -0.2) is 18.5 Å². The molecule has 0 spiro atoms. The molecule has 0 aromatic heterocycles. The number of carbonyl (C=O) groups excluding carboxylic acids is 2. The van der Waals surface area contributed by atoms with Crippen LogP contribution >= 0.6 is 0 Å². The third kappa shape index (κ3) is 6.75. The van der Waals surface area contributed by atoms with E-state index < -0.39 is 6.09 Å². The van der Waals surface area contributed by atoms with Crippen molar-refractivity contribution in [3.63, 3.8) is 0 Å². The van der Waals surface area contributed by atoms with Gasteiger partial charge in [0.05, 0.1) is 0 Å². The molecule has 20 heavy (non-hydrogen) atoms. The van der Waals surface area contributed by atoms with Gasteiger partial charge in [0.2, 0.25) is 5.91 Å². The summed E-state index contributed by atoms with van der Waals surface area (Å²) >= 11 is 0. The van der Waals surface area contributed by atoms with Gasteiger partial charge in [-0.25, -0.2) is 4.79 Å². The molecular weight excluding hydrogens is 258 g/mol. The molecule has 1 aromatic carbocycles. The zero-order chi connectivity index (χ0) is 14.8. The summed E-state index contributed by atoms with van der Waals surface area (Å²) in [5, 5.41) is 2.81. The number of hydrogen-bond acceptors (Lipinski definition) is 4. The van der Waals surface area contributed by atoms with E-state index in [1.807, 2.05) is 0 Å². The molecule has 0 saturated carbocycles. The smallest absolute Gasteiger partial charge is 0.404 e. The number of primary amides is 1. The standard InChI is InChI=1S/C14H21N3O3/c15-9-3-1-2-4-13(18)17-12-7-5-11(6-8-12)10-20-14(16)19/h5-8H,1-4,9-10,15H2,(H2,16,19)(H,17,18). The van der Waals surface area contributed by atoms with Crippen molar-refractivity contribution in [3.05, 3.63) is 29.8 Å². The van der Waals surface area contributed by atoms with Crippen molar-refractivity contribution in [2.45, 2.75) is 32.3 Å². The molecule has 0 aliphatic heterocycles. The van der Waals surface area contributed by atoms with E-state index in [0.29, 0.717) is 13.0 Å². The highest BCUT2D eigenvalue weighted by molar-refractivity contribution is 5.90. The number of nitrogens with one attached hydrogen (secondary N) is 1. The molecule has 0 bridgehead atoms.